The highest BCUT2D eigenvalue weighted by molar-refractivity contribution is 7.88. The van der Waals surface area contributed by atoms with Crippen molar-refractivity contribution in [3.05, 3.63) is 12.0 Å². The summed E-state index contributed by atoms with van der Waals surface area (Å²) in [5.41, 5.74) is 0.485. The molecule has 0 aliphatic carbocycles. The number of nitrogens with zero attached hydrogens (tertiary/aromatic N) is 3. The maximum atomic E-state index is 11.9. The van der Waals surface area contributed by atoms with Gasteiger partial charge in [0.1, 0.15) is 5.69 Å². The molecule has 9 nitrogen and oxygen atoms in total. The Kier molecular flexibility index (Phi) is 4.52. The first-order valence-electron chi connectivity index (χ1n) is 6.99. The van der Waals surface area contributed by atoms with Crippen LogP contribution in [0.1, 0.15) is 32.4 Å². The largest absolute Gasteiger partial charge is 0.369 e. The predicted octanol–water partition coefficient (Wildman–Crippen LogP) is 0.126. The highest BCUT2D eigenvalue weighted by atomic mass is 32.2. The van der Waals surface area contributed by atoms with Crippen LogP contribution < -0.4 is 10.2 Å². The Balaban J connectivity index is 2.66. The SMILES string of the molecule is CCCCN1c2nc[nH]c2C(NCC)=NC1(C=O)S(=O)(=O)O. The standard InChI is InChI=1S/C12H19N5O4S/c1-3-5-6-17-11-9(14-8-15-11)10(13-4-2)16-12(17,7-18)22(19,20)21/h7-8H,3-6H2,1-2H3,(H,13,16)(H,14,15)(H,19,20,21). The smallest absolute Gasteiger partial charge is 0.320 e. The molecule has 1 aliphatic rings. The molecule has 1 aromatic rings. The molecule has 10 heteroatoms. The molecule has 0 aromatic carbocycles. The number of rotatable bonds is 6. The van der Waals surface area contributed by atoms with Crippen LogP contribution in [-0.4, -0.2) is 53.1 Å². The molecule has 0 bridgehead atoms. The Bertz CT molecular complexity index is 683. The number of hydrogen-bond acceptors (Lipinski definition) is 7. The number of anilines is 1. The Morgan fingerprint density at radius 3 is 2.77 bits per heavy atom. The van der Waals surface area contributed by atoms with Crippen LogP contribution in [0.25, 0.3) is 0 Å². The number of carbonyl (C=O) groups is 1. The summed E-state index contributed by atoms with van der Waals surface area (Å²) in [4.78, 5) is 21.4. The van der Waals surface area contributed by atoms with Crippen molar-refractivity contribution >= 4 is 28.1 Å². The molecule has 1 atom stereocenters. The third-order valence-electron chi connectivity index (χ3n) is 3.38. The van der Waals surface area contributed by atoms with Crippen molar-refractivity contribution in [2.75, 3.05) is 18.0 Å². The van der Waals surface area contributed by atoms with E-state index >= 15 is 0 Å². The normalized spacial score (nSPS) is 21.2. The van der Waals surface area contributed by atoms with Gasteiger partial charge in [-0.3, -0.25) is 9.35 Å². The van der Waals surface area contributed by atoms with Crippen LogP contribution in [0.4, 0.5) is 5.82 Å². The number of fused-ring (bicyclic) bond motifs is 1. The molecule has 3 N–H and O–H groups in total. The van der Waals surface area contributed by atoms with E-state index in [1.54, 1.807) is 6.92 Å². The van der Waals surface area contributed by atoms with Gasteiger partial charge in [-0.1, -0.05) is 13.3 Å². The fourth-order valence-corrected chi connectivity index (χ4v) is 3.10. The summed E-state index contributed by atoms with van der Waals surface area (Å²) in [6.45, 7) is 4.42. The Hall–Kier alpha value is -1.94. The minimum atomic E-state index is -4.81. The number of aromatic nitrogens is 2. The van der Waals surface area contributed by atoms with Crippen LogP contribution in [-0.2, 0) is 14.9 Å². The van der Waals surface area contributed by atoms with E-state index in [1.807, 2.05) is 6.92 Å². The molecule has 0 spiro atoms. The first-order chi connectivity index (χ1) is 10.4. The molecule has 0 fully saturated rings. The highest BCUT2D eigenvalue weighted by Crippen LogP contribution is 2.34. The Morgan fingerprint density at radius 2 is 2.23 bits per heavy atom. The van der Waals surface area contributed by atoms with Crippen molar-refractivity contribution in [2.45, 2.75) is 31.7 Å². The van der Waals surface area contributed by atoms with Gasteiger partial charge in [-0.25, -0.2) is 9.98 Å². The predicted molar refractivity (Wildman–Crippen MR) is 81.4 cm³/mol. The zero-order chi connectivity index (χ0) is 16.4. The molecule has 1 aromatic heterocycles. The van der Waals surface area contributed by atoms with Crippen LogP contribution in [0.5, 0.6) is 0 Å². The molecule has 1 aliphatic heterocycles. The quantitative estimate of drug-likeness (QED) is 0.500. The fraction of sp³-hybridized carbons (Fsp3) is 0.583. The van der Waals surface area contributed by atoms with Crippen LogP contribution >= 0.6 is 0 Å². The summed E-state index contributed by atoms with van der Waals surface area (Å²) >= 11 is 0. The molecule has 2 heterocycles. The lowest BCUT2D eigenvalue weighted by Gasteiger charge is -2.38. The minimum absolute atomic E-state index is 0.132. The maximum absolute atomic E-state index is 11.9. The van der Waals surface area contributed by atoms with Crippen LogP contribution in [0.3, 0.4) is 0 Å². The number of H-pyrrole nitrogens is 1. The van der Waals surface area contributed by atoms with E-state index in [1.165, 1.54) is 11.2 Å². The fourth-order valence-electron chi connectivity index (χ4n) is 2.32. The molecule has 2 rings (SSSR count). The third kappa shape index (κ3) is 2.48. The number of amidine groups is 1. The lowest BCUT2D eigenvalue weighted by molar-refractivity contribution is -0.110. The Labute approximate surface area is 128 Å². The van der Waals surface area contributed by atoms with Gasteiger partial charge < -0.3 is 15.2 Å². The van der Waals surface area contributed by atoms with Gasteiger partial charge in [-0.15, -0.1) is 0 Å². The van der Waals surface area contributed by atoms with Gasteiger partial charge in [-0.2, -0.15) is 8.42 Å². The first-order valence-corrected chi connectivity index (χ1v) is 8.43. The maximum Gasteiger partial charge on any atom is 0.320 e. The molecular weight excluding hydrogens is 310 g/mol. The lowest BCUT2D eigenvalue weighted by Crippen LogP contribution is -2.59. The minimum Gasteiger partial charge on any atom is -0.369 e. The summed E-state index contributed by atoms with van der Waals surface area (Å²) in [5.74, 6) is 0.441. The van der Waals surface area contributed by atoms with Gasteiger partial charge in [0.25, 0.3) is 0 Å². The van der Waals surface area contributed by atoms with Crippen LogP contribution in [0.15, 0.2) is 11.3 Å². The molecule has 122 valence electrons. The third-order valence-corrected chi connectivity index (χ3v) is 4.55. The number of imidazole rings is 1. The van der Waals surface area contributed by atoms with E-state index in [2.05, 4.69) is 20.3 Å². The van der Waals surface area contributed by atoms with Crippen molar-refractivity contribution in [1.29, 1.82) is 0 Å². The average Bonchev–Trinajstić information content (AvgIpc) is 2.94. The van der Waals surface area contributed by atoms with E-state index in [4.69, 9.17) is 0 Å². The second kappa shape index (κ2) is 6.05. The van der Waals surface area contributed by atoms with Gasteiger partial charge in [-0.05, 0) is 13.3 Å². The van der Waals surface area contributed by atoms with Crippen LogP contribution in [0, 0.1) is 0 Å². The monoisotopic (exact) mass is 329 g/mol. The van der Waals surface area contributed by atoms with Crippen molar-refractivity contribution in [3.8, 4) is 0 Å². The second-order valence-electron chi connectivity index (χ2n) is 4.85. The van der Waals surface area contributed by atoms with Crippen molar-refractivity contribution in [3.63, 3.8) is 0 Å². The highest BCUT2D eigenvalue weighted by Gasteiger charge is 2.53. The zero-order valence-electron chi connectivity index (χ0n) is 12.4. The summed E-state index contributed by atoms with van der Waals surface area (Å²) in [7, 11) is -4.81. The number of aromatic amines is 1. The van der Waals surface area contributed by atoms with Crippen molar-refractivity contribution in [1.82, 2.24) is 15.3 Å². The van der Waals surface area contributed by atoms with Gasteiger partial charge in [0, 0.05) is 13.1 Å². The van der Waals surface area contributed by atoms with Gasteiger partial charge in [0.05, 0.1) is 6.33 Å². The number of aldehydes is 1. The average molecular weight is 329 g/mol. The molecule has 0 radical (unpaired) electrons. The summed E-state index contributed by atoms with van der Waals surface area (Å²) in [6, 6.07) is 0. The first kappa shape index (κ1) is 16.4. The molecule has 0 saturated carbocycles. The second-order valence-corrected chi connectivity index (χ2v) is 6.40. The van der Waals surface area contributed by atoms with E-state index in [9.17, 15) is 17.8 Å². The number of carbonyl (C=O) groups excluding carboxylic acids is 1. The summed E-state index contributed by atoms with van der Waals surface area (Å²) in [5, 5.41) is 2.88. The molecule has 0 saturated heterocycles. The zero-order valence-corrected chi connectivity index (χ0v) is 13.2. The number of nitrogens with one attached hydrogen (secondary N) is 2. The summed E-state index contributed by atoms with van der Waals surface area (Å²) in [6.07, 6.45) is 2.91. The van der Waals surface area contributed by atoms with Crippen molar-refractivity contribution in [2.24, 2.45) is 4.99 Å². The van der Waals surface area contributed by atoms with E-state index in [0.717, 1.165) is 6.42 Å². The topological polar surface area (TPSA) is 128 Å². The van der Waals surface area contributed by atoms with Crippen LogP contribution in [0.2, 0.25) is 0 Å². The number of unbranched alkanes of at least 4 members (excludes halogenated alkanes) is 1. The number of hydrogen-bond donors (Lipinski definition) is 3. The molecular formula is C12H19N5O4S. The van der Waals surface area contributed by atoms with E-state index < -0.39 is 15.1 Å². The molecule has 0 amide bonds. The van der Waals surface area contributed by atoms with E-state index in [-0.39, 0.29) is 24.5 Å². The van der Waals surface area contributed by atoms with E-state index in [0.29, 0.717) is 18.7 Å². The van der Waals surface area contributed by atoms with Gasteiger partial charge in [0.2, 0.25) is 0 Å². The van der Waals surface area contributed by atoms with Gasteiger partial charge in [0.15, 0.2) is 17.9 Å². The summed E-state index contributed by atoms with van der Waals surface area (Å²) < 4.78 is 33.4. The number of aliphatic imine (C=N–C) groups is 1. The lowest BCUT2D eigenvalue weighted by atomic mass is 10.2. The molecule has 22 heavy (non-hydrogen) atoms. The molecule has 1 unspecified atom stereocenters. The van der Waals surface area contributed by atoms with Crippen molar-refractivity contribution < 1.29 is 17.8 Å². The Morgan fingerprint density at radius 1 is 1.50 bits per heavy atom. The van der Waals surface area contributed by atoms with Gasteiger partial charge >= 0.3 is 15.1 Å².